The van der Waals surface area contributed by atoms with Crippen molar-refractivity contribution in [2.45, 2.75) is 46.3 Å². The average Bonchev–Trinajstić information content (AvgIpc) is 3.21. The van der Waals surface area contributed by atoms with Crippen LogP contribution in [0, 0.1) is 5.92 Å². The van der Waals surface area contributed by atoms with Crippen molar-refractivity contribution < 1.29 is 23.5 Å². The summed E-state index contributed by atoms with van der Waals surface area (Å²) in [6.45, 7) is 7.08. The molecule has 0 saturated carbocycles. The highest BCUT2D eigenvalue weighted by Crippen LogP contribution is 2.12. The zero-order valence-electron chi connectivity index (χ0n) is 16.5. The second kappa shape index (κ2) is 9.73. The molecule has 2 rings (SSSR count). The van der Waals surface area contributed by atoms with Crippen LogP contribution in [0.25, 0.3) is 0 Å². The van der Waals surface area contributed by atoms with E-state index in [0.29, 0.717) is 5.69 Å². The quantitative estimate of drug-likeness (QED) is 0.679. The molecule has 1 heterocycles. The molecule has 0 spiro atoms. The minimum atomic E-state index is -1.01. The van der Waals surface area contributed by atoms with Crippen molar-refractivity contribution in [3.63, 3.8) is 0 Å². The third-order valence-electron chi connectivity index (χ3n) is 4.24. The highest BCUT2D eigenvalue weighted by Gasteiger charge is 2.29. The van der Waals surface area contributed by atoms with Gasteiger partial charge in [-0.15, -0.1) is 0 Å². The molecular formula is C21H26N2O5. The Kier molecular flexibility index (Phi) is 7.37. The van der Waals surface area contributed by atoms with Crippen LogP contribution >= 0.6 is 0 Å². The molecule has 1 aromatic heterocycles. The van der Waals surface area contributed by atoms with Crippen LogP contribution in [-0.2, 0) is 20.7 Å². The zero-order chi connectivity index (χ0) is 20.7. The van der Waals surface area contributed by atoms with Crippen LogP contribution < -0.4 is 10.6 Å². The lowest BCUT2D eigenvalue weighted by atomic mass is 10.0. The van der Waals surface area contributed by atoms with E-state index in [1.54, 1.807) is 32.0 Å². The number of anilines is 1. The number of carbonyl (C=O) groups excluding carboxylic acids is 3. The number of hydrogen-bond donors (Lipinski definition) is 2. The van der Waals surface area contributed by atoms with E-state index in [1.807, 2.05) is 19.1 Å². The molecule has 2 atom stereocenters. The molecule has 0 unspecified atom stereocenters. The normalized spacial score (nSPS) is 12.9. The fourth-order valence-electron chi connectivity index (χ4n) is 2.49. The van der Waals surface area contributed by atoms with Crippen LogP contribution in [0.3, 0.4) is 0 Å². The number of rotatable bonds is 8. The lowest BCUT2D eigenvalue weighted by Crippen LogP contribution is -2.47. The van der Waals surface area contributed by atoms with Gasteiger partial charge in [0.15, 0.2) is 11.9 Å². The van der Waals surface area contributed by atoms with Gasteiger partial charge in [0.2, 0.25) is 0 Å². The number of aryl methyl sites for hydroxylation is 1. The first-order valence-electron chi connectivity index (χ1n) is 9.26. The predicted octanol–water partition coefficient (Wildman–Crippen LogP) is 3.17. The molecule has 28 heavy (non-hydrogen) atoms. The van der Waals surface area contributed by atoms with Crippen molar-refractivity contribution in [2.75, 3.05) is 5.32 Å². The highest BCUT2D eigenvalue weighted by molar-refractivity contribution is 5.97. The number of benzene rings is 1. The molecule has 0 fully saturated rings. The van der Waals surface area contributed by atoms with Gasteiger partial charge < -0.3 is 19.8 Å². The molecular weight excluding hydrogens is 360 g/mol. The van der Waals surface area contributed by atoms with Crippen LogP contribution in [0.15, 0.2) is 47.1 Å². The summed E-state index contributed by atoms with van der Waals surface area (Å²) in [5, 5.41) is 5.30. The molecule has 1 aromatic carbocycles. The number of hydrogen-bond acceptors (Lipinski definition) is 5. The molecule has 7 nitrogen and oxygen atoms in total. The molecule has 150 valence electrons. The molecule has 2 aromatic rings. The Morgan fingerprint density at radius 1 is 1.07 bits per heavy atom. The third kappa shape index (κ3) is 5.70. The van der Waals surface area contributed by atoms with Crippen molar-refractivity contribution in [3.05, 3.63) is 54.0 Å². The maximum atomic E-state index is 12.5. The van der Waals surface area contributed by atoms with Crippen LogP contribution in [0.5, 0.6) is 0 Å². The van der Waals surface area contributed by atoms with Crippen molar-refractivity contribution in [1.82, 2.24) is 5.32 Å². The van der Waals surface area contributed by atoms with Gasteiger partial charge in [0.1, 0.15) is 6.04 Å². The zero-order valence-corrected chi connectivity index (χ0v) is 16.5. The molecule has 0 bridgehead atoms. The first kappa shape index (κ1) is 21.2. The molecule has 0 aliphatic carbocycles. The van der Waals surface area contributed by atoms with Crippen LogP contribution in [0.2, 0.25) is 0 Å². The summed E-state index contributed by atoms with van der Waals surface area (Å²) >= 11 is 0. The van der Waals surface area contributed by atoms with E-state index >= 15 is 0 Å². The van der Waals surface area contributed by atoms with Gasteiger partial charge in [-0.2, -0.15) is 0 Å². The third-order valence-corrected chi connectivity index (χ3v) is 4.24. The smallest absolute Gasteiger partial charge is 0.329 e. The molecule has 0 saturated heterocycles. The Labute approximate surface area is 164 Å². The Morgan fingerprint density at radius 3 is 2.29 bits per heavy atom. The number of nitrogens with one attached hydrogen (secondary N) is 2. The summed E-state index contributed by atoms with van der Waals surface area (Å²) < 4.78 is 10.3. The molecule has 2 N–H and O–H groups in total. The first-order valence-corrected chi connectivity index (χ1v) is 9.26. The van der Waals surface area contributed by atoms with E-state index in [0.717, 1.165) is 12.0 Å². The lowest BCUT2D eigenvalue weighted by molar-refractivity contribution is -0.156. The van der Waals surface area contributed by atoms with Crippen molar-refractivity contribution in [1.29, 1.82) is 0 Å². The van der Waals surface area contributed by atoms with Crippen LogP contribution in [0.1, 0.15) is 43.8 Å². The predicted molar refractivity (Wildman–Crippen MR) is 105 cm³/mol. The minimum Gasteiger partial charge on any atom is -0.459 e. The second-order valence-corrected chi connectivity index (χ2v) is 6.79. The summed E-state index contributed by atoms with van der Waals surface area (Å²) in [5.41, 5.74) is 1.78. The number of carbonyl (C=O) groups is 3. The van der Waals surface area contributed by atoms with Crippen molar-refractivity contribution >= 4 is 23.5 Å². The summed E-state index contributed by atoms with van der Waals surface area (Å²) in [6.07, 6.45) is 1.26. The molecule has 7 heteroatoms. The number of esters is 1. The number of furan rings is 1. The van der Waals surface area contributed by atoms with E-state index in [2.05, 4.69) is 10.6 Å². The molecule has 0 radical (unpaired) electrons. The Balaban J connectivity index is 1.95. The van der Waals surface area contributed by atoms with E-state index in [1.165, 1.54) is 19.3 Å². The molecule has 0 aliphatic rings. The van der Waals surface area contributed by atoms with Gasteiger partial charge in [0.25, 0.3) is 11.8 Å². The second-order valence-electron chi connectivity index (χ2n) is 6.79. The van der Waals surface area contributed by atoms with E-state index in [4.69, 9.17) is 9.15 Å². The summed E-state index contributed by atoms with van der Waals surface area (Å²) in [5.74, 6) is -1.78. The van der Waals surface area contributed by atoms with Gasteiger partial charge in [-0.3, -0.25) is 9.59 Å². The largest absolute Gasteiger partial charge is 0.459 e. The highest BCUT2D eigenvalue weighted by atomic mass is 16.5. The molecule has 2 amide bonds. The van der Waals surface area contributed by atoms with Crippen LogP contribution in [0.4, 0.5) is 5.69 Å². The van der Waals surface area contributed by atoms with E-state index in [9.17, 15) is 14.4 Å². The van der Waals surface area contributed by atoms with Gasteiger partial charge in [-0.25, -0.2) is 4.79 Å². The summed E-state index contributed by atoms with van der Waals surface area (Å²) in [7, 11) is 0. The Bertz CT molecular complexity index is 797. The van der Waals surface area contributed by atoms with Gasteiger partial charge in [0.05, 0.1) is 6.26 Å². The SMILES string of the molecule is CCc1ccc(NC(=O)[C@H](C)OC(=O)[C@@H](NC(=O)c2ccco2)C(C)C)cc1. The van der Waals surface area contributed by atoms with E-state index in [-0.39, 0.29) is 11.7 Å². The maximum Gasteiger partial charge on any atom is 0.329 e. The fraction of sp³-hybridized carbons (Fsp3) is 0.381. The summed E-state index contributed by atoms with van der Waals surface area (Å²) in [4.78, 5) is 37.0. The van der Waals surface area contributed by atoms with Crippen molar-refractivity contribution in [3.8, 4) is 0 Å². The average molecular weight is 386 g/mol. The standard InChI is InChI=1S/C21H26N2O5/c1-5-15-8-10-16(11-9-15)22-19(24)14(4)28-21(26)18(13(2)3)23-20(25)17-7-6-12-27-17/h6-14,18H,5H2,1-4H3,(H,22,24)(H,23,25)/t14-,18-/m0/s1. The topological polar surface area (TPSA) is 97.6 Å². The fourth-order valence-corrected chi connectivity index (χ4v) is 2.49. The number of ether oxygens (including phenoxy) is 1. The van der Waals surface area contributed by atoms with Gasteiger partial charge in [-0.05, 0) is 49.1 Å². The van der Waals surface area contributed by atoms with E-state index < -0.39 is 29.9 Å². The lowest BCUT2D eigenvalue weighted by Gasteiger charge is -2.22. The van der Waals surface area contributed by atoms with Gasteiger partial charge in [-0.1, -0.05) is 32.9 Å². The van der Waals surface area contributed by atoms with Gasteiger partial charge in [0, 0.05) is 5.69 Å². The van der Waals surface area contributed by atoms with Gasteiger partial charge >= 0.3 is 5.97 Å². The Hall–Kier alpha value is -3.09. The number of amides is 2. The maximum absolute atomic E-state index is 12.5. The molecule has 0 aliphatic heterocycles. The van der Waals surface area contributed by atoms with Crippen LogP contribution in [-0.4, -0.2) is 29.9 Å². The minimum absolute atomic E-state index is 0.0970. The van der Waals surface area contributed by atoms with Crippen molar-refractivity contribution in [2.24, 2.45) is 5.92 Å². The first-order chi connectivity index (χ1) is 13.3. The monoisotopic (exact) mass is 386 g/mol. The Morgan fingerprint density at radius 2 is 1.75 bits per heavy atom. The summed E-state index contributed by atoms with van der Waals surface area (Å²) in [6, 6.07) is 9.61.